The fourth-order valence-corrected chi connectivity index (χ4v) is 2.91. The Morgan fingerprint density at radius 3 is 2.42 bits per heavy atom. The fourth-order valence-electron chi connectivity index (χ4n) is 2.13. The van der Waals surface area contributed by atoms with Gasteiger partial charge in [0.15, 0.2) is 0 Å². The number of sulfonamides is 1. The van der Waals surface area contributed by atoms with Gasteiger partial charge in [0, 0.05) is 12.7 Å². The number of aryl methyl sites for hydroxylation is 1. The van der Waals surface area contributed by atoms with Crippen molar-refractivity contribution in [1.29, 1.82) is 0 Å². The van der Waals surface area contributed by atoms with E-state index in [1.54, 1.807) is 12.1 Å². The van der Waals surface area contributed by atoms with Gasteiger partial charge in [0.2, 0.25) is 10.0 Å². The van der Waals surface area contributed by atoms with E-state index in [4.69, 9.17) is 5.14 Å². The minimum atomic E-state index is -3.63. The highest BCUT2D eigenvalue weighted by atomic mass is 32.2. The molecule has 1 rings (SSSR count). The van der Waals surface area contributed by atoms with Crippen molar-refractivity contribution < 1.29 is 8.42 Å². The van der Waals surface area contributed by atoms with Crippen molar-refractivity contribution in [3.63, 3.8) is 0 Å². The summed E-state index contributed by atoms with van der Waals surface area (Å²) in [5.74, 6) is 0. The van der Waals surface area contributed by atoms with E-state index in [2.05, 4.69) is 12.2 Å². The Kier molecular flexibility index (Phi) is 6.31. The van der Waals surface area contributed by atoms with Crippen LogP contribution in [0.15, 0.2) is 23.1 Å². The monoisotopic (exact) mass is 284 g/mol. The van der Waals surface area contributed by atoms with E-state index in [1.807, 2.05) is 13.1 Å². The molecule has 1 aromatic carbocycles. The molecule has 0 aliphatic rings. The van der Waals surface area contributed by atoms with Gasteiger partial charge in [-0.1, -0.05) is 32.6 Å². The molecule has 108 valence electrons. The molecule has 0 aromatic heterocycles. The van der Waals surface area contributed by atoms with Gasteiger partial charge in [-0.15, -0.1) is 0 Å². The molecule has 3 N–H and O–H groups in total. The standard InChI is InChI=1S/C14H24N2O2S/c1-3-4-5-6-7-8-12-11-13(16-2)9-10-14(12)19(15,17)18/h9-11,16H,3-8H2,1-2H3,(H2,15,17,18). The van der Waals surface area contributed by atoms with Gasteiger partial charge in [-0.3, -0.25) is 0 Å². The average molecular weight is 284 g/mol. The molecule has 0 atom stereocenters. The lowest BCUT2D eigenvalue weighted by Gasteiger charge is -2.10. The van der Waals surface area contributed by atoms with Crippen molar-refractivity contribution >= 4 is 15.7 Å². The van der Waals surface area contributed by atoms with Gasteiger partial charge in [-0.2, -0.15) is 0 Å². The van der Waals surface area contributed by atoms with Crippen LogP contribution >= 0.6 is 0 Å². The van der Waals surface area contributed by atoms with Gasteiger partial charge in [0.25, 0.3) is 0 Å². The van der Waals surface area contributed by atoms with E-state index >= 15 is 0 Å². The second-order valence-corrected chi connectivity index (χ2v) is 6.31. The summed E-state index contributed by atoms with van der Waals surface area (Å²) in [7, 11) is -1.82. The second kappa shape index (κ2) is 7.50. The summed E-state index contributed by atoms with van der Waals surface area (Å²) < 4.78 is 23.1. The van der Waals surface area contributed by atoms with Gasteiger partial charge in [-0.25, -0.2) is 13.6 Å². The lowest BCUT2D eigenvalue weighted by molar-refractivity contribution is 0.594. The Labute approximate surface area is 116 Å². The van der Waals surface area contributed by atoms with Crippen LogP contribution in [0.3, 0.4) is 0 Å². The smallest absolute Gasteiger partial charge is 0.238 e. The first-order chi connectivity index (χ1) is 8.99. The zero-order valence-corrected chi connectivity index (χ0v) is 12.6. The molecule has 0 aliphatic carbocycles. The molecule has 0 heterocycles. The SMILES string of the molecule is CCCCCCCc1cc(NC)ccc1S(N)(=O)=O. The van der Waals surface area contributed by atoms with E-state index in [9.17, 15) is 8.42 Å². The molecular formula is C14H24N2O2S. The first kappa shape index (κ1) is 16.0. The molecule has 0 amide bonds. The maximum Gasteiger partial charge on any atom is 0.238 e. The van der Waals surface area contributed by atoms with Crippen molar-refractivity contribution in [3.8, 4) is 0 Å². The van der Waals surface area contributed by atoms with E-state index in [-0.39, 0.29) is 4.90 Å². The minimum Gasteiger partial charge on any atom is -0.388 e. The summed E-state index contributed by atoms with van der Waals surface area (Å²) >= 11 is 0. The quantitative estimate of drug-likeness (QED) is 0.721. The Bertz CT molecular complexity index is 498. The highest BCUT2D eigenvalue weighted by Gasteiger charge is 2.13. The molecular weight excluding hydrogens is 260 g/mol. The zero-order chi connectivity index (χ0) is 14.3. The topological polar surface area (TPSA) is 72.2 Å². The molecule has 0 unspecified atom stereocenters. The second-order valence-electron chi connectivity index (χ2n) is 4.78. The third kappa shape index (κ3) is 5.20. The van der Waals surface area contributed by atoms with E-state index < -0.39 is 10.0 Å². The molecule has 5 heteroatoms. The molecule has 0 spiro atoms. The molecule has 0 bridgehead atoms. The van der Waals surface area contributed by atoms with Crippen LogP contribution < -0.4 is 10.5 Å². The number of rotatable bonds is 8. The number of benzene rings is 1. The summed E-state index contributed by atoms with van der Waals surface area (Å²) in [5, 5.41) is 8.27. The highest BCUT2D eigenvalue weighted by Crippen LogP contribution is 2.21. The summed E-state index contributed by atoms with van der Waals surface area (Å²) in [6, 6.07) is 5.20. The molecule has 19 heavy (non-hydrogen) atoms. The van der Waals surface area contributed by atoms with Crippen molar-refractivity contribution in [2.24, 2.45) is 5.14 Å². The van der Waals surface area contributed by atoms with Crippen molar-refractivity contribution in [2.45, 2.75) is 50.3 Å². The normalized spacial score (nSPS) is 11.5. The Morgan fingerprint density at radius 2 is 1.84 bits per heavy atom. The lowest BCUT2D eigenvalue weighted by Crippen LogP contribution is -2.14. The van der Waals surface area contributed by atoms with Gasteiger partial charge in [-0.05, 0) is 36.6 Å². The summed E-state index contributed by atoms with van der Waals surface area (Å²) in [4.78, 5) is 0.252. The van der Waals surface area contributed by atoms with E-state index in [0.29, 0.717) is 0 Å². The van der Waals surface area contributed by atoms with Crippen molar-refractivity contribution in [2.75, 3.05) is 12.4 Å². The van der Waals surface area contributed by atoms with Crippen LogP contribution in [0.1, 0.15) is 44.6 Å². The Balaban J connectivity index is 2.78. The van der Waals surface area contributed by atoms with Crippen LogP contribution in [0.2, 0.25) is 0 Å². The maximum absolute atomic E-state index is 11.5. The third-order valence-corrected chi connectivity index (χ3v) is 4.22. The minimum absolute atomic E-state index is 0.252. The van der Waals surface area contributed by atoms with Gasteiger partial charge >= 0.3 is 0 Å². The number of hydrogen-bond acceptors (Lipinski definition) is 3. The van der Waals surface area contributed by atoms with Crippen LogP contribution in [0.25, 0.3) is 0 Å². The number of nitrogens with two attached hydrogens (primary N) is 1. The molecule has 0 fully saturated rings. The first-order valence-corrected chi connectivity index (χ1v) is 8.37. The highest BCUT2D eigenvalue weighted by molar-refractivity contribution is 7.89. The number of hydrogen-bond donors (Lipinski definition) is 2. The van der Waals surface area contributed by atoms with Crippen LogP contribution in [0, 0.1) is 0 Å². The van der Waals surface area contributed by atoms with E-state index in [0.717, 1.165) is 30.5 Å². The number of nitrogens with one attached hydrogen (secondary N) is 1. The molecule has 0 aliphatic heterocycles. The average Bonchev–Trinajstić information content (AvgIpc) is 2.37. The largest absolute Gasteiger partial charge is 0.388 e. The maximum atomic E-state index is 11.5. The number of primary sulfonamides is 1. The van der Waals surface area contributed by atoms with Gasteiger partial charge in [0.1, 0.15) is 0 Å². The third-order valence-electron chi connectivity index (χ3n) is 3.21. The Hall–Kier alpha value is -1.07. The molecule has 1 aromatic rings. The summed E-state index contributed by atoms with van der Waals surface area (Å²) in [5.41, 5.74) is 1.72. The lowest BCUT2D eigenvalue weighted by atomic mass is 10.0. The van der Waals surface area contributed by atoms with Gasteiger partial charge < -0.3 is 5.32 Å². The molecule has 0 radical (unpaired) electrons. The first-order valence-electron chi connectivity index (χ1n) is 6.82. The molecule has 0 saturated heterocycles. The summed E-state index contributed by atoms with van der Waals surface area (Å²) in [6.07, 6.45) is 6.52. The van der Waals surface area contributed by atoms with Crippen molar-refractivity contribution in [3.05, 3.63) is 23.8 Å². The summed E-state index contributed by atoms with van der Waals surface area (Å²) in [6.45, 7) is 2.18. The van der Waals surface area contributed by atoms with Gasteiger partial charge in [0.05, 0.1) is 4.90 Å². The van der Waals surface area contributed by atoms with Crippen LogP contribution in [0.4, 0.5) is 5.69 Å². The predicted molar refractivity (Wildman–Crippen MR) is 79.8 cm³/mol. The fraction of sp³-hybridized carbons (Fsp3) is 0.571. The van der Waals surface area contributed by atoms with Crippen LogP contribution in [0.5, 0.6) is 0 Å². The zero-order valence-electron chi connectivity index (χ0n) is 11.8. The van der Waals surface area contributed by atoms with Crippen LogP contribution in [-0.4, -0.2) is 15.5 Å². The predicted octanol–water partition coefficient (Wildman–Crippen LogP) is 2.89. The number of anilines is 1. The van der Waals surface area contributed by atoms with Crippen LogP contribution in [-0.2, 0) is 16.4 Å². The molecule has 0 saturated carbocycles. The van der Waals surface area contributed by atoms with Crippen molar-refractivity contribution in [1.82, 2.24) is 0 Å². The Morgan fingerprint density at radius 1 is 1.16 bits per heavy atom. The number of unbranched alkanes of at least 4 members (excludes halogenated alkanes) is 4. The van der Waals surface area contributed by atoms with E-state index in [1.165, 1.54) is 19.3 Å². The molecule has 4 nitrogen and oxygen atoms in total.